The Bertz CT molecular complexity index is 693. The van der Waals surface area contributed by atoms with Gasteiger partial charge in [-0.3, -0.25) is 0 Å². The molecular weight excluding hydrogens is 308 g/mol. The Morgan fingerprint density at radius 1 is 1.29 bits per heavy atom. The molecule has 114 valence electrons. The van der Waals surface area contributed by atoms with Gasteiger partial charge in [0.1, 0.15) is 5.01 Å². The van der Waals surface area contributed by atoms with E-state index in [4.69, 9.17) is 5.11 Å². The van der Waals surface area contributed by atoms with Crippen LogP contribution < -0.4 is 4.72 Å². The maximum atomic E-state index is 12.2. The lowest BCUT2D eigenvalue weighted by atomic mass is 10.2. The molecule has 1 unspecified atom stereocenters. The summed E-state index contributed by atoms with van der Waals surface area (Å²) in [6.07, 6.45) is 1.73. The van der Waals surface area contributed by atoms with Crippen molar-refractivity contribution in [1.82, 2.24) is 9.71 Å². The average Bonchev–Trinajstić information content (AvgIpc) is 2.85. The van der Waals surface area contributed by atoms with Crippen molar-refractivity contribution in [1.29, 1.82) is 0 Å². The number of rotatable bonds is 6. The Kier molecular flexibility index (Phi) is 5.10. The van der Waals surface area contributed by atoms with Crippen molar-refractivity contribution in [3.63, 3.8) is 0 Å². The minimum atomic E-state index is -3.44. The van der Waals surface area contributed by atoms with Crippen LogP contribution in [0.25, 0.3) is 0 Å². The van der Waals surface area contributed by atoms with Crippen LogP contribution in [0.4, 0.5) is 0 Å². The van der Waals surface area contributed by atoms with Gasteiger partial charge in [-0.25, -0.2) is 18.1 Å². The van der Waals surface area contributed by atoms with E-state index in [2.05, 4.69) is 9.71 Å². The Morgan fingerprint density at radius 3 is 2.43 bits per heavy atom. The molecule has 21 heavy (non-hydrogen) atoms. The summed E-state index contributed by atoms with van der Waals surface area (Å²) in [6.45, 7) is 3.67. The minimum Gasteiger partial charge on any atom is -0.392 e. The van der Waals surface area contributed by atoms with E-state index in [1.807, 2.05) is 6.92 Å². The van der Waals surface area contributed by atoms with E-state index in [0.29, 0.717) is 5.56 Å². The van der Waals surface area contributed by atoms with Crippen molar-refractivity contribution in [2.45, 2.75) is 32.2 Å². The molecule has 2 rings (SSSR count). The summed E-state index contributed by atoms with van der Waals surface area (Å²) in [6, 6.07) is 6.52. The van der Waals surface area contributed by atoms with Gasteiger partial charge in [0, 0.05) is 11.1 Å². The highest BCUT2D eigenvalue weighted by Crippen LogP contribution is 2.20. The van der Waals surface area contributed by atoms with Gasteiger partial charge in [0.05, 0.1) is 18.4 Å². The van der Waals surface area contributed by atoms with Crippen LogP contribution in [0.2, 0.25) is 0 Å². The fraction of sp³-hybridized carbons (Fsp3) is 0.357. The Morgan fingerprint density at radius 2 is 1.90 bits per heavy atom. The van der Waals surface area contributed by atoms with E-state index in [0.717, 1.165) is 15.4 Å². The molecule has 0 saturated heterocycles. The zero-order valence-electron chi connectivity index (χ0n) is 11.9. The normalized spacial score (nSPS) is 13.3. The number of aliphatic hydroxyl groups excluding tert-OH is 1. The van der Waals surface area contributed by atoms with Crippen molar-refractivity contribution in [2.24, 2.45) is 0 Å². The van der Waals surface area contributed by atoms with Crippen molar-refractivity contribution in [3.8, 4) is 0 Å². The predicted octanol–water partition coefficient (Wildman–Crippen LogP) is 2.12. The lowest BCUT2D eigenvalue weighted by Crippen LogP contribution is -2.28. The summed E-state index contributed by atoms with van der Waals surface area (Å²) < 4.78 is 27.0. The number of thiazole rings is 1. The Labute approximate surface area is 128 Å². The van der Waals surface area contributed by atoms with Crippen LogP contribution in [0.3, 0.4) is 0 Å². The topological polar surface area (TPSA) is 79.3 Å². The number of aryl methyl sites for hydroxylation is 1. The smallest absolute Gasteiger partial charge is 0.216 e. The van der Waals surface area contributed by atoms with Crippen LogP contribution in [0, 0.1) is 6.92 Å². The second kappa shape index (κ2) is 6.65. The molecule has 5 nitrogen and oxygen atoms in total. The number of hydrogen-bond donors (Lipinski definition) is 2. The van der Waals surface area contributed by atoms with Crippen LogP contribution in [-0.4, -0.2) is 18.5 Å². The first-order chi connectivity index (χ1) is 9.89. The highest BCUT2D eigenvalue weighted by molar-refractivity contribution is 7.88. The highest BCUT2D eigenvalue weighted by Gasteiger charge is 2.18. The molecule has 0 radical (unpaired) electrons. The second-order valence-corrected chi connectivity index (χ2v) is 7.90. The molecule has 1 atom stereocenters. The first-order valence-electron chi connectivity index (χ1n) is 6.50. The third-order valence-corrected chi connectivity index (χ3v) is 5.45. The third kappa shape index (κ3) is 4.60. The number of nitrogens with zero attached hydrogens (tertiary/aromatic N) is 1. The van der Waals surface area contributed by atoms with Crippen LogP contribution in [0.5, 0.6) is 0 Å². The van der Waals surface area contributed by atoms with Crippen molar-refractivity contribution >= 4 is 21.4 Å². The maximum Gasteiger partial charge on any atom is 0.216 e. The molecule has 0 amide bonds. The van der Waals surface area contributed by atoms with E-state index < -0.39 is 10.0 Å². The summed E-state index contributed by atoms with van der Waals surface area (Å²) >= 11 is 1.48. The van der Waals surface area contributed by atoms with E-state index in [9.17, 15) is 8.42 Å². The van der Waals surface area contributed by atoms with Gasteiger partial charge in [0.2, 0.25) is 10.0 Å². The highest BCUT2D eigenvalue weighted by atomic mass is 32.2. The fourth-order valence-electron chi connectivity index (χ4n) is 1.89. The minimum absolute atomic E-state index is 0.0499. The average molecular weight is 326 g/mol. The van der Waals surface area contributed by atoms with Crippen LogP contribution in [-0.2, 0) is 22.4 Å². The molecule has 0 saturated carbocycles. The van der Waals surface area contributed by atoms with Gasteiger partial charge in [-0.05, 0) is 25.0 Å². The van der Waals surface area contributed by atoms with E-state index >= 15 is 0 Å². The molecule has 0 aliphatic rings. The molecular formula is C14H18N2O3S2. The van der Waals surface area contributed by atoms with Crippen molar-refractivity contribution in [3.05, 3.63) is 51.5 Å². The van der Waals surface area contributed by atoms with Crippen LogP contribution in [0.1, 0.15) is 34.0 Å². The van der Waals surface area contributed by atoms with Crippen molar-refractivity contribution in [2.75, 3.05) is 0 Å². The van der Waals surface area contributed by atoms with Crippen LogP contribution >= 0.6 is 11.3 Å². The molecule has 0 aliphatic carbocycles. The lowest BCUT2D eigenvalue weighted by molar-refractivity contribution is 0.282. The van der Waals surface area contributed by atoms with Crippen LogP contribution in [0.15, 0.2) is 30.5 Å². The number of aliphatic hydroxyl groups is 1. The van der Waals surface area contributed by atoms with Crippen molar-refractivity contribution < 1.29 is 13.5 Å². The maximum absolute atomic E-state index is 12.2. The third-order valence-electron chi connectivity index (χ3n) is 2.93. The number of hydrogen-bond acceptors (Lipinski definition) is 5. The van der Waals surface area contributed by atoms with Gasteiger partial charge in [0.25, 0.3) is 0 Å². The summed E-state index contributed by atoms with van der Waals surface area (Å²) in [5, 5.41) is 9.73. The number of benzene rings is 1. The molecule has 1 aromatic heterocycles. The summed E-state index contributed by atoms with van der Waals surface area (Å²) in [5.41, 5.74) is 1.44. The zero-order valence-corrected chi connectivity index (χ0v) is 13.5. The fourth-order valence-corrected chi connectivity index (χ4v) is 4.11. The van der Waals surface area contributed by atoms with Gasteiger partial charge >= 0.3 is 0 Å². The first-order valence-corrected chi connectivity index (χ1v) is 8.97. The zero-order chi connectivity index (χ0) is 15.5. The quantitative estimate of drug-likeness (QED) is 0.852. The second-order valence-electron chi connectivity index (χ2n) is 4.88. The number of aromatic nitrogens is 1. The monoisotopic (exact) mass is 326 g/mol. The number of sulfonamides is 1. The summed E-state index contributed by atoms with van der Waals surface area (Å²) in [4.78, 5) is 5.24. The molecule has 1 aromatic carbocycles. The van der Waals surface area contributed by atoms with E-state index in [-0.39, 0.29) is 18.4 Å². The molecule has 2 aromatic rings. The molecule has 2 N–H and O–H groups in total. The molecule has 1 heterocycles. The Balaban J connectivity index is 2.04. The molecule has 0 bridgehead atoms. The SMILES string of the molecule is Cc1cnc(C(C)NS(=O)(=O)Cc2ccc(CO)cc2)s1. The molecule has 0 fully saturated rings. The number of nitrogens with one attached hydrogen (secondary N) is 1. The van der Waals surface area contributed by atoms with E-state index in [1.54, 1.807) is 37.4 Å². The molecule has 0 aliphatic heterocycles. The summed E-state index contributed by atoms with van der Waals surface area (Å²) in [5.74, 6) is -0.0899. The van der Waals surface area contributed by atoms with Gasteiger partial charge in [-0.1, -0.05) is 24.3 Å². The van der Waals surface area contributed by atoms with Gasteiger partial charge in [-0.2, -0.15) is 0 Å². The first kappa shape index (κ1) is 16.1. The van der Waals surface area contributed by atoms with E-state index in [1.165, 1.54) is 11.3 Å². The lowest BCUT2D eigenvalue weighted by Gasteiger charge is -2.12. The molecule has 0 spiro atoms. The summed E-state index contributed by atoms with van der Waals surface area (Å²) in [7, 11) is -3.44. The van der Waals surface area contributed by atoms with Gasteiger partial charge < -0.3 is 5.11 Å². The molecule has 7 heteroatoms. The Hall–Kier alpha value is -1.28. The van der Waals surface area contributed by atoms with Gasteiger partial charge in [-0.15, -0.1) is 11.3 Å². The van der Waals surface area contributed by atoms with Gasteiger partial charge in [0.15, 0.2) is 0 Å². The standard InChI is InChI=1S/C14H18N2O3S2/c1-10-7-15-14(20-10)11(2)16-21(18,19)9-13-5-3-12(8-17)4-6-13/h3-7,11,16-17H,8-9H2,1-2H3. The largest absolute Gasteiger partial charge is 0.392 e. The predicted molar refractivity (Wildman–Crippen MR) is 83.4 cm³/mol.